The quantitative estimate of drug-likeness (QED) is 0.833. The van der Waals surface area contributed by atoms with Gasteiger partial charge in [0.1, 0.15) is 0 Å². The number of benzene rings is 1. The summed E-state index contributed by atoms with van der Waals surface area (Å²) in [5, 5.41) is 9.39. The fraction of sp³-hybridized carbons (Fsp3) is 0.364. The molecule has 0 aromatic heterocycles. The van der Waals surface area contributed by atoms with Crippen molar-refractivity contribution < 1.29 is 9.90 Å². The Bertz CT molecular complexity index is 323. The van der Waals surface area contributed by atoms with Crippen LogP contribution in [0.15, 0.2) is 24.3 Å². The second-order valence-corrected chi connectivity index (χ2v) is 3.84. The standard InChI is InChI=1S/C11H13ClO2/c1-8(11(13)14)5-6-9-3-2-4-10(12)7-9/h2-4,7-8H,5-6H2,1H3,(H,13,14). The van der Waals surface area contributed by atoms with Gasteiger partial charge in [0.05, 0.1) is 5.92 Å². The maximum atomic E-state index is 10.6. The predicted octanol–water partition coefficient (Wildman–Crippen LogP) is 2.99. The first-order valence-corrected chi connectivity index (χ1v) is 4.94. The summed E-state index contributed by atoms with van der Waals surface area (Å²) in [5.74, 6) is -1.04. The lowest BCUT2D eigenvalue weighted by Crippen LogP contribution is -2.10. The second kappa shape index (κ2) is 5.01. The van der Waals surface area contributed by atoms with Crippen molar-refractivity contribution in [1.82, 2.24) is 0 Å². The Hall–Kier alpha value is -1.02. The molecule has 0 radical (unpaired) electrons. The molecule has 0 aliphatic carbocycles. The molecule has 0 saturated heterocycles. The Morgan fingerprint density at radius 2 is 2.29 bits per heavy atom. The van der Waals surface area contributed by atoms with Crippen molar-refractivity contribution in [2.75, 3.05) is 0 Å². The van der Waals surface area contributed by atoms with Crippen LogP contribution < -0.4 is 0 Å². The van der Waals surface area contributed by atoms with Crippen molar-refractivity contribution in [2.45, 2.75) is 19.8 Å². The SMILES string of the molecule is CC(CCc1cccc(Cl)c1)C(=O)O. The van der Waals surface area contributed by atoms with Crippen molar-refractivity contribution in [3.05, 3.63) is 34.9 Å². The molecular weight excluding hydrogens is 200 g/mol. The molecule has 1 atom stereocenters. The Morgan fingerprint density at radius 1 is 1.57 bits per heavy atom. The van der Waals surface area contributed by atoms with Gasteiger partial charge in [-0.1, -0.05) is 30.7 Å². The van der Waals surface area contributed by atoms with E-state index in [0.29, 0.717) is 11.4 Å². The first kappa shape index (κ1) is 11.1. The van der Waals surface area contributed by atoms with Gasteiger partial charge in [-0.05, 0) is 30.5 Å². The van der Waals surface area contributed by atoms with Crippen LogP contribution in [0.4, 0.5) is 0 Å². The number of halogens is 1. The minimum Gasteiger partial charge on any atom is -0.481 e. The number of carboxylic acids is 1. The molecule has 3 heteroatoms. The van der Waals surface area contributed by atoms with E-state index in [9.17, 15) is 4.79 Å². The van der Waals surface area contributed by atoms with Gasteiger partial charge in [-0.3, -0.25) is 4.79 Å². The minimum atomic E-state index is -0.743. The molecule has 0 heterocycles. The topological polar surface area (TPSA) is 37.3 Å². The fourth-order valence-corrected chi connectivity index (χ4v) is 1.41. The average molecular weight is 213 g/mol. The molecule has 1 aromatic rings. The maximum absolute atomic E-state index is 10.6. The number of aryl methyl sites for hydroxylation is 1. The van der Waals surface area contributed by atoms with Crippen LogP contribution in [0.3, 0.4) is 0 Å². The summed E-state index contributed by atoms with van der Waals surface area (Å²) in [4.78, 5) is 10.6. The molecule has 1 rings (SSSR count). The highest BCUT2D eigenvalue weighted by Crippen LogP contribution is 2.14. The third kappa shape index (κ3) is 3.38. The van der Waals surface area contributed by atoms with Crippen molar-refractivity contribution in [3.63, 3.8) is 0 Å². The highest BCUT2D eigenvalue weighted by atomic mass is 35.5. The summed E-state index contributed by atoms with van der Waals surface area (Å²) in [6.45, 7) is 1.72. The predicted molar refractivity (Wildman–Crippen MR) is 56.6 cm³/mol. The lowest BCUT2D eigenvalue weighted by molar-refractivity contribution is -0.141. The Balaban J connectivity index is 2.49. The molecule has 0 aliphatic rings. The van der Waals surface area contributed by atoms with Gasteiger partial charge in [0, 0.05) is 5.02 Å². The zero-order valence-electron chi connectivity index (χ0n) is 8.03. The molecule has 0 spiro atoms. The van der Waals surface area contributed by atoms with Gasteiger partial charge >= 0.3 is 5.97 Å². The Labute approximate surface area is 88.5 Å². The number of carbonyl (C=O) groups is 1. The van der Waals surface area contributed by atoms with E-state index in [1.807, 2.05) is 24.3 Å². The zero-order valence-corrected chi connectivity index (χ0v) is 8.79. The molecule has 0 aliphatic heterocycles. The molecule has 1 aromatic carbocycles. The molecule has 0 fully saturated rings. The van der Waals surface area contributed by atoms with E-state index in [4.69, 9.17) is 16.7 Å². The normalized spacial score (nSPS) is 12.4. The second-order valence-electron chi connectivity index (χ2n) is 3.41. The van der Waals surface area contributed by atoms with Gasteiger partial charge in [-0.25, -0.2) is 0 Å². The number of aliphatic carboxylic acids is 1. The van der Waals surface area contributed by atoms with Gasteiger partial charge in [0.15, 0.2) is 0 Å². The first-order chi connectivity index (χ1) is 6.59. The van der Waals surface area contributed by atoms with Crippen LogP contribution >= 0.6 is 11.6 Å². The Kier molecular flexibility index (Phi) is 3.96. The third-order valence-electron chi connectivity index (χ3n) is 2.18. The van der Waals surface area contributed by atoms with Crippen LogP contribution in [0.2, 0.25) is 5.02 Å². The van der Waals surface area contributed by atoms with E-state index in [0.717, 1.165) is 12.0 Å². The van der Waals surface area contributed by atoms with Gasteiger partial charge < -0.3 is 5.11 Å². The summed E-state index contributed by atoms with van der Waals surface area (Å²) in [5.41, 5.74) is 1.09. The van der Waals surface area contributed by atoms with Crippen LogP contribution in [0.1, 0.15) is 18.9 Å². The van der Waals surface area contributed by atoms with Crippen LogP contribution in [-0.4, -0.2) is 11.1 Å². The van der Waals surface area contributed by atoms with Gasteiger partial charge in [0.2, 0.25) is 0 Å². The fourth-order valence-electron chi connectivity index (χ4n) is 1.20. The van der Waals surface area contributed by atoms with E-state index in [2.05, 4.69) is 0 Å². The molecule has 1 unspecified atom stereocenters. The summed E-state index contributed by atoms with van der Waals surface area (Å²) < 4.78 is 0. The zero-order chi connectivity index (χ0) is 10.6. The van der Waals surface area contributed by atoms with E-state index in [1.54, 1.807) is 6.92 Å². The van der Waals surface area contributed by atoms with E-state index in [-0.39, 0.29) is 5.92 Å². The monoisotopic (exact) mass is 212 g/mol. The molecule has 76 valence electrons. The lowest BCUT2D eigenvalue weighted by atomic mass is 10.0. The first-order valence-electron chi connectivity index (χ1n) is 4.57. The number of rotatable bonds is 4. The molecule has 0 amide bonds. The number of carboxylic acid groups (broad SMARTS) is 1. The Morgan fingerprint density at radius 3 is 2.86 bits per heavy atom. The maximum Gasteiger partial charge on any atom is 0.306 e. The van der Waals surface area contributed by atoms with Gasteiger partial charge in [0.25, 0.3) is 0 Å². The average Bonchev–Trinajstić information content (AvgIpc) is 2.14. The van der Waals surface area contributed by atoms with Crippen LogP contribution in [0.25, 0.3) is 0 Å². The summed E-state index contributed by atoms with van der Waals surface area (Å²) in [6, 6.07) is 7.52. The molecule has 1 N–H and O–H groups in total. The number of hydrogen-bond acceptors (Lipinski definition) is 1. The van der Waals surface area contributed by atoms with Crippen molar-refractivity contribution in [1.29, 1.82) is 0 Å². The summed E-state index contributed by atoms with van der Waals surface area (Å²) >= 11 is 5.81. The summed E-state index contributed by atoms with van der Waals surface area (Å²) in [7, 11) is 0. The third-order valence-corrected chi connectivity index (χ3v) is 2.41. The molecule has 0 bridgehead atoms. The smallest absolute Gasteiger partial charge is 0.306 e. The van der Waals surface area contributed by atoms with E-state index in [1.165, 1.54) is 0 Å². The lowest BCUT2D eigenvalue weighted by Gasteiger charge is -2.05. The van der Waals surface area contributed by atoms with Crippen LogP contribution in [-0.2, 0) is 11.2 Å². The number of hydrogen-bond donors (Lipinski definition) is 1. The van der Waals surface area contributed by atoms with Gasteiger partial charge in [-0.2, -0.15) is 0 Å². The van der Waals surface area contributed by atoms with Crippen molar-refractivity contribution in [3.8, 4) is 0 Å². The molecule has 0 saturated carbocycles. The van der Waals surface area contributed by atoms with Crippen LogP contribution in [0.5, 0.6) is 0 Å². The van der Waals surface area contributed by atoms with Crippen molar-refractivity contribution in [2.24, 2.45) is 5.92 Å². The highest BCUT2D eigenvalue weighted by Gasteiger charge is 2.10. The van der Waals surface area contributed by atoms with E-state index < -0.39 is 5.97 Å². The molecular formula is C11H13ClO2. The molecule has 2 nitrogen and oxygen atoms in total. The van der Waals surface area contributed by atoms with Crippen LogP contribution in [0, 0.1) is 5.92 Å². The van der Waals surface area contributed by atoms with Crippen molar-refractivity contribution >= 4 is 17.6 Å². The highest BCUT2D eigenvalue weighted by molar-refractivity contribution is 6.30. The summed E-state index contributed by atoms with van der Waals surface area (Å²) in [6.07, 6.45) is 1.41. The molecule has 14 heavy (non-hydrogen) atoms. The minimum absolute atomic E-state index is 0.297. The van der Waals surface area contributed by atoms with Gasteiger partial charge in [-0.15, -0.1) is 0 Å². The largest absolute Gasteiger partial charge is 0.481 e. The van der Waals surface area contributed by atoms with E-state index >= 15 is 0 Å².